The number of aromatic nitrogens is 2. The number of aryl methyl sites for hydroxylation is 1. The standard InChI is InChI=1S/C43H42N8O4/c1-55-43(54)46-37(29-8-3-2-4-9-29)42(53)50-23-7-13-34(50)41-47-39(48-49-41)31-21-17-27(18-22-31)26-15-19-28(20-16-26)33-25-44-40(45-33)35-24-32-12-5-10-30-11-6-14-36(52)51(35)38(30)32/h2-5,8-10,12,15-22,25,34-35,37,41,49H,6-7,11,13-14,23-24H2,1H3,(H,44,45)(H,46,54)(H,47,48). The highest BCUT2D eigenvalue weighted by atomic mass is 16.5. The van der Waals surface area contributed by atoms with Crippen LogP contribution in [0.1, 0.15) is 65.8 Å². The van der Waals surface area contributed by atoms with Crippen LogP contribution in [0.5, 0.6) is 0 Å². The molecule has 3 amide bonds. The fourth-order valence-electron chi connectivity index (χ4n) is 8.50. The molecule has 1 fully saturated rings. The number of nitrogens with one attached hydrogen (secondary N) is 4. The molecule has 4 N–H and O–H groups in total. The summed E-state index contributed by atoms with van der Waals surface area (Å²) in [5, 5.41) is 2.72. The number of rotatable bonds is 8. The third kappa shape index (κ3) is 6.52. The minimum absolute atomic E-state index is 0.125. The number of amides is 3. The van der Waals surface area contributed by atoms with Gasteiger partial charge >= 0.3 is 6.09 Å². The predicted molar refractivity (Wildman–Crippen MR) is 209 cm³/mol. The van der Waals surface area contributed by atoms with Crippen molar-refractivity contribution in [3.05, 3.63) is 131 Å². The molecule has 0 radical (unpaired) electrons. The van der Waals surface area contributed by atoms with Crippen LogP contribution in [0, 0.1) is 0 Å². The fraction of sp³-hybridized carbons (Fsp3) is 0.279. The molecule has 1 saturated heterocycles. The van der Waals surface area contributed by atoms with Gasteiger partial charge in [0, 0.05) is 24.9 Å². The average molecular weight is 735 g/mol. The van der Waals surface area contributed by atoms with Crippen LogP contribution in [0.15, 0.2) is 108 Å². The largest absolute Gasteiger partial charge is 0.453 e. The van der Waals surface area contributed by atoms with Crippen LogP contribution in [0.3, 0.4) is 0 Å². The van der Waals surface area contributed by atoms with Crippen molar-refractivity contribution in [3.8, 4) is 22.4 Å². The van der Waals surface area contributed by atoms with Crippen LogP contribution in [-0.2, 0) is 27.2 Å². The SMILES string of the molecule is COC(=O)NC(C(=O)N1CCCC1C1N=C(c2ccc(-c3ccc(-c4cnc(C5Cc6cccc7c6N5C(=O)CCC7)[nH]4)cc3)cc2)NN1)c1ccccc1. The third-order valence-corrected chi connectivity index (χ3v) is 11.3. The predicted octanol–water partition coefficient (Wildman–Crippen LogP) is 5.98. The van der Waals surface area contributed by atoms with Crippen LogP contribution in [0.25, 0.3) is 22.4 Å². The number of alkyl carbamates (subject to hydrolysis) is 1. The molecule has 0 saturated carbocycles. The van der Waals surface area contributed by atoms with E-state index in [9.17, 15) is 14.4 Å². The van der Waals surface area contributed by atoms with Crippen LogP contribution in [0.4, 0.5) is 10.5 Å². The number of anilines is 1. The lowest BCUT2D eigenvalue weighted by Crippen LogP contribution is -2.52. The van der Waals surface area contributed by atoms with Crippen molar-refractivity contribution in [1.29, 1.82) is 0 Å². The Morgan fingerprint density at radius 1 is 0.855 bits per heavy atom. The molecule has 278 valence electrons. The highest BCUT2D eigenvalue weighted by molar-refractivity contribution is 6.00. The number of ether oxygens (including phenoxy) is 1. The lowest BCUT2D eigenvalue weighted by atomic mass is 10.0. The summed E-state index contributed by atoms with van der Waals surface area (Å²) in [6.07, 6.45) is 5.59. The summed E-state index contributed by atoms with van der Waals surface area (Å²) < 4.78 is 4.83. The first-order valence-electron chi connectivity index (χ1n) is 18.9. The van der Waals surface area contributed by atoms with Crippen molar-refractivity contribution in [3.63, 3.8) is 0 Å². The maximum atomic E-state index is 13.9. The Hall–Kier alpha value is -6.27. The molecule has 12 nitrogen and oxygen atoms in total. The smallest absolute Gasteiger partial charge is 0.407 e. The molecule has 4 aromatic carbocycles. The van der Waals surface area contributed by atoms with E-state index in [2.05, 4.69) is 75.7 Å². The van der Waals surface area contributed by atoms with Gasteiger partial charge in [0.1, 0.15) is 23.9 Å². The van der Waals surface area contributed by atoms with E-state index < -0.39 is 12.1 Å². The number of imidazole rings is 1. The summed E-state index contributed by atoms with van der Waals surface area (Å²) in [4.78, 5) is 56.3. The van der Waals surface area contributed by atoms with Crippen molar-refractivity contribution < 1.29 is 19.1 Å². The maximum Gasteiger partial charge on any atom is 0.407 e. The monoisotopic (exact) mass is 734 g/mol. The number of amidine groups is 1. The van der Waals surface area contributed by atoms with E-state index in [0.717, 1.165) is 71.6 Å². The zero-order valence-corrected chi connectivity index (χ0v) is 30.5. The fourth-order valence-corrected chi connectivity index (χ4v) is 8.50. The number of carbonyl (C=O) groups excluding carboxylic acids is 3. The van der Waals surface area contributed by atoms with Crippen molar-refractivity contribution in [2.45, 2.75) is 62.8 Å². The summed E-state index contributed by atoms with van der Waals surface area (Å²) in [7, 11) is 1.29. The Kier molecular flexibility index (Phi) is 9.11. The summed E-state index contributed by atoms with van der Waals surface area (Å²) in [5.74, 6) is 1.49. The number of H-pyrrole nitrogens is 1. The first kappa shape index (κ1) is 34.5. The van der Waals surface area contributed by atoms with Gasteiger partial charge in [-0.1, -0.05) is 97.1 Å². The Labute approximate surface area is 319 Å². The van der Waals surface area contributed by atoms with E-state index in [4.69, 9.17) is 14.7 Å². The molecule has 5 heterocycles. The highest BCUT2D eigenvalue weighted by Gasteiger charge is 2.41. The van der Waals surface area contributed by atoms with Gasteiger partial charge in [0.25, 0.3) is 0 Å². The van der Waals surface area contributed by atoms with Gasteiger partial charge in [-0.25, -0.2) is 20.2 Å². The van der Waals surface area contributed by atoms with E-state index >= 15 is 0 Å². The lowest BCUT2D eigenvalue weighted by Gasteiger charge is -2.31. The van der Waals surface area contributed by atoms with Gasteiger partial charge in [-0.15, -0.1) is 0 Å². The second kappa shape index (κ2) is 14.5. The van der Waals surface area contributed by atoms with Gasteiger partial charge in [-0.05, 0) is 59.1 Å². The highest BCUT2D eigenvalue weighted by Crippen LogP contribution is 2.44. The van der Waals surface area contributed by atoms with E-state index in [0.29, 0.717) is 24.4 Å². The molecule has 55 heavy (non-hydrogen) atoms. The number of methoxy groups -OCH3 is 1. The Balaban J connectivity index is 0.870. The normalized spacial score (nSPS) is 20.7. The van der Waals surface area contributed by atoms with Gasteiger partial charge in [-0.3, -0.25) is 9.59 Å². The number of benzene rings is 4. The summed E-state index contributed by atoms with van der Waals surface area (Å²) in [5.41, 5.74) is 15.8. The van der Waals surface area contributed by atoms with Gasteiger partial charge in [0.2, 0.25) is 11.8 Å². The molecule has 4 unspecified atom stereocenters. The molecule has 12 heteroatoms. The lowest BCUT2D eigenvalue weighted by molar-refractivity contribution is -0.134. The zero-order chi connectivity index (χ0) is 37.5. The van der Waals surface area contributed by atoms with Gasteiger partial charge in [0.15, 0.2) is 0 Å². The topological polar surface area (TPSA) is 144 Å². The van der Waals surface area contributed by atoms with Crippen LogP contribution in [0.2, 0.25) is 0 Å². The summed E-state index contributed by atoms with van der Waals surface area (Å²) >= 11 is 0. The van der Waals surface area contributed by atoms with Gasteiger partial charge in [-0.2, -0.15) is 0 Å². The van der Waals surface area contributed by atoms with Gasteiger partial charge < -0.3 is 30.3 Å². The molecule has 4 aliphatic rings. The van der Waals surface area contributed by atoms with Crippen molar-refractivity contribution in [2.75, 3.05) is 18.6 Å². The quantitative estimate of drug-likeness (QED) is 0.154. The molecule has 0 bridgehead atoms. The van der Waals surface area contributed by atoms with Gasteiger partial charge in [0.05, 0.1) is 36.8 Å². The van der Waals surface area contributed by atoms with E-state index in [1.807, 2.05) is 58.5 Å². The minimum Gasteiger partial charge on any atom is -0.453 e. The molecule has 4 aliphatic heterocycles. The third-order valence-electron chi connectivity index (χ3n) is 11.3. The van der Waals surface area contributed by atoms with Crippen LogP contribution < -0.4 is 21.1 Å². The number of hydrazine groups is 1. The summed E-state index contributed by atoms with van der Waals surface area (Å²) in [6, 6.07) is 31.0. The molecule has 1 aromatic heterocycles. The molecular formula is C43H42N8O4. The Morgan fingerprint density at radius 2 is 1.58 bits per heavy atom. The minimum atomic E-state index is -0.865. The molecule has 0 aliphatic carbocycles. The van der Waals surface area contributed by atoms with Crippen LogP contribution in [-0.4, -0.2) is 64.5 Å². The summed E-state index contributed by atoms with van der Waals surface area (Å²) in [6.45, 7) is 0.573. The number of hydrogen-bond acceptors (Lipinski definition) is 8. The number of likely N-dealkylation sites (tertiary alicyclic amines) is 1. The van der Waals surface area contributed by atoms with Crippen molar-refractivity contribution >= 4 is 29.4 Å². The van der Waals surface area contributed by atoms with E-state index in [-0.39, 0.29) is 30.1 Å². The van der Waals surface area contributed by atoms with Crippen molar-refractivity contribution in [2.24, 2.45) is 4.99 Å². The first-order valence-corrected chi connectivity index (χ1v) is 18.9. The molecule has 0 spiro atoms. The Morgan fingerprint density at radius 3 is 2.35 bits per heavy atom. The molecule has 9 rings (SSSR count). The number of nitrogens with zero attached hydrogens (tertiary/aromatic N) is 4. The number of carbonyl (C=O) groups is 3. The van der Waals surface area contributed by atoms with E-state index in [1.165, 1.54) is 18.2 Å². The molecule has 5 aromatic rings. The average Bonchev–Trinajstić information content (AvgIpc) is 4.05. The van der Waals surface area contributed by atoms with Crippen LogP contribution >= 0.6 is 0 Å². The number of aliphatic imine (C=N–C) groups is 1. The second-order valence-corrected chi connectivity index (χ2v) is 14.5. The zero-order valence-electron chi connectivity index (χ0n) is 30.5. The van der Waals surface area contributed by atoms with E-state index in [1.54, 1.807) is 0 Å². The second-order valence-electron chi connectivity index (χ2n) is 14.5. The first-order chi connectivity index (χ1) is 26.9. The maximum absolute atomic E-state index is 13.9. The number of aromatic amines is 1. The number of para-hydroxylation sites is 1. The molecular weight excluding hydrogens is 693 g/mol. The Bertz CT molecular complexity index is 2270. The molecule has 4 atom stereocenters. The number of hydrogen-bond donors (Lipinski definition) is 4. The van der Waals surface area contributed by atoms with Crippen molar-refractivity contribution in [1.82, 2.24) is 31.0 Å².